The van der Waals surface area contributed by atoms with Gasteiger partial charge in [0.2, 0.25) is 0 Å². The molecule has 0 aliphatic heterocycles. The molecule has 3 nitrogen and oxygen atoms in total. The number of aryl methyl sites for hydroxylation is 1. The highest BCUT2D eigenvalue weighted by molar-refractivity contribution is 9.10. The van der Waals surface area contributed by atoms with Crippen LogP contribution in [0.1, 0.15) is 15.9 Å². The van der Waals surface area contributed by atoms with Crippen LogP contribution >= 0.6 is 27.5 Å². The van der Waals surface area contributed by atoms with Gasteiger partial charge in [0.05, 0.1) is 4.47 Å². The lowest BCUT2D eigenvalue weighted by Crippen LogP contribution is -2.01. The second-order valence-electron chi connectivity index (χ2n) is 3.93. The quantitative estimate of drug-likeness (QED) is 0.863. The smallest absolute Gasteiger partial charge is 0.339 e. The fraction of sp³-hybridized carbons (Fsp3) is 0.0714. The number of ether oxygens (including phenoxy) is 1. The van der Waals surface area contributed by atoms with Gasteiger partial charge in [-0.2, -0.15) is 0 Å². The molecule has 0 saturated carbocycles. The van der Waals surface area contributed by atoms with Crippen molar-refractivity contribution in [2.75, 3.05) is 0 Å². The largest absolute Gasteiger partial charge is 0.478 e. The lowest BCUT2D eigenvalue weighted by molar-refractivity contribution is 0.0694. The molecule has 0 bridgehead atoms. The molecule has 0 saturated heterocycles. The fourth-order valence-corrected chi connectivity index (χ4v) is 2.39. The molecule has 2 aromatic carbocycles. The van der Waals surface area contributed by atoms with E-state index in [1.54, 1.807) is 37.3 Å². The zero-order chi connectivity index (χ0) is 14.0. The number of halogens is 2. The highest BCUT2D eigenvalue weighted by atomic mass is 79.9. The van der Waals surface area contributed by atoms with Crippen molar-refractivity contribution in [1.82, 2.24) is 0 Å². The van der Waals surface area contributed by atoms with Crippen LogP contribution in [0.25, 0.3) is 0 Å². The van der Waals surface area contributed by atoms with Crippen molar-refractivity contribution in [2.24, 2.45) is 0 Å². The first kappa shape index (κ1) is 13.9. The van der Waals surface area contributed by atoms with Crippen LogP contribution in [-0.4, -0.2) is 11.1 Å². The number of hydrogen-bond acceptors (Lipinski definition) is 2. The summed E-state index contributed by atoms with van der Waals surface area (Å²) in [5.74, 6) is -0.178. The molecular formula is C14H10BrClO3. The first-order valence-corrected chi connectivity index (χ1v) is 6.62. The maximum Gasteiger partial charge on any atom is 0.339 e. The van der Waals surface area contributed by atoms with Gasteiger partial charge in [0.25, 0.3) is 0 Å². The van der Waals surface area contributed by atoms with Gasteiger partial charge in [-0.25, -0.2) is 4.79 Å². The molecule has 5 heteroatoms. The lowest BCUT2D eigenvalue weighted by atomic mass is 10.1. The summed E-state index contributed by atoms with van der Waals surface area (Å²) >= 11 is 9.19. The Morgan fingerprint density at radius 3 is 2.68 bits per heavy atom. The Morgan fingerprint density at radius 1 is 1.32 bits per heavy atom. The second-order valence-corrected chi connectivity index (χ2v) is 5.22. The van der Waals surface area contributed by atoms with Gasteiger partial charge in [0, 0.05) is 5.02 Å². The Bertz CT molecular complexity index is 641. The van der Waals surface area contributed by atoms with Crippen LogP contribution in [-0.2, 0) is 0 Å². The van der Waals surface area contributed by atoms with Crippen LogP contribution in [0.5, 0.6) is 11.5 Å². The third-order valence-corrected chi connectivity index (χ3v) is 3.40. The van der Waals surface area contributed by atoms with Crippen molar-refractivity contribution in [3.8, 4) is 11.5 Å². The maximum atomic E-state index is 11.2. The van der Waals surface area contributed by atoms with Crippen LogP contribution in [0.2, 0.25) is 5.02 Å². The van der Waals surface area contributed by atoms with E-state index in [0.717, 1.165) is 5.56 Å². The van der Waals surface area contributed by atoms with Gasteiger partial charge in [-0.1, -0.05) is 23.7 Å². The SMILES string of the molecule is Cc1cccc(C(=O)O)c1Oc1ccc(Cl)cc1Br. The molecule has 0 fully saturated rings. The number of carboxylic acids is 1. The zero-order valence-corrected chi connectivity index (χ0v) is 12.3. The summed E-state index contributed by atoms with van der Waals surface area (Å²) in [6.07, 6.45) is 0. The number of aromatic carboxylic acids is 1. The number of hydrogen-bond donors (Lipinski definition) is 1. The van der Waals surface area contributed by atoms with Crippen molar-refractivity contribution in [1.29, 1.82) is 0 Å². The standard InChI is InChI=1S/C14H10BrClO3/c1-8-3-2-4-10(14(17)18)13(8)19-12-6-5-9(16)7-11(12)15/h2-7H,1H3,(H,17,18). The van der Waals surface area contributed by atoms with E-state index in [2.05, 4.69) is 15.9 Å². The minimum Gasteiger partial charge on any atom is -0.478 e. The molecule has 2 aromatic rings. The van der Waals surface area contributed by atoms with Crippen LogP contribution in [0, 0.1) is 6.92 Å². The highest BCUT2D eigenvalue weighted by Crippen LogP contribution is 2.35. The molecule has 0 aliphatic rings. The van der Waals surface area contributed by atoms with E-state index < -0.39 is 5.97 Å². The molecular weight excluding hydrogens is 332 g/mol. The van der Waals surface area contributed by atoms with Crippen LogP contribution in [0.15, 0.2) is 40.9 Å². The minimum atomic E-state index is -1.02. The molecule has 0 atom stereocenters. The Labute approximate surface area is 123 Å². The van der Waals surface area contributed by atoms with Gasteiger partial charge in [-0.3, -0.25) is 0 Å². The number of carbonyl (C=O) groups is 1. The number of benzene rings is 2. The topological polar surface area (TPSA) is 46.5 Å². The molecule has 0 unspecified atom stereocenters. The van der Waals surface area contributed by atoms with Crippen molar-refractivity contribution in [3.63, 3.8) is 0 Å². The minimum absolute atomic E-state index is 0.127. The first-order valence-electron chi connectivity index (χ1n) is 5.45. The van der Waals surface area contributed by atoms with Crippen LogP contribution in [0.4, 0.5) is 0 Å². The van der Waals surface area contributed by atoms with Gasteiger partial charge >= 0.3 is 5.97 Å². The number of rotatable bonds is 3. The van der Waals surface area contributed by atoms with Crippen LogP contribution < -0.4 is 4.74 Å². The van der Waals surface area contributed by atoms with Crippen molar-refractivity contribution < 1.29 is 14.6 Å². The predicted octanol–water partition coefficient (Wildman–Crippen LogP) is 4.90. The Morgan fingerprint density at radius 2 is 2.05 bits per heavy atom. The van der Waals surface area contributed by atoms with E-state index in [0.29, 0.717) is 21.0 Å². The highest BCUT2D eigenvalue weighted by Gasteiger charge is 2.15. The molecule has 2 rings (SSSR count). The normalized spacial score (nSPS) is 10.3. The van der Waals surface area contributed by atoms with E-state index in [-0.39, 0.29) is 5.56 Å². The van der Waals surface area contributed by atoms with Gasteiger partial charge in [-0.05, 0) is 52.7 Å². The number of carboxylic acid groups (broad SMARTS) is 1. The maximum absolute atomic E-state index is 11.2. The summed E-state index contributed by atoms with van der Waals surface area (Å²) in [5, 5.41) is 9.74. The average molecular weight is 342 g/mol. The molecule has 19 heavy (non-hydrogen) atoms. The molecule has 98 valence electrons. The van der Waals surface area contributed by atoms with Gasteiger partial charge in [0.1, 0.15) is 17.1 Å². The van der Waals surface area contributed by atoms with E-state index in [4.69, 9.17) is 21.4 Å². The van der Waals surface area contributed by atoms with Gasteiger partial charge in [-0.15, -0.1) is 0 Å². The molecule has 0 amide bonds. The molecule has 0 radical (unpaired) electrons. The Hall–Kier alpha value is -1.52. The predicted molar refractivity (Wildman–Crippen MR) is 77.4 cm³/mol. The van der Waals surface area contributed by atoms with E-state index in [1.165, 1.54) is 6.07 Å². The second kappa shape index (κ2) is 5.63. The van der Waals surface area contributed by atoms with Gasteiger partial charge < -0.3 is 9.84 Å². The van der Waals surface area contributed by atoms with Crippen molar-refractivity contribution in [3.05, 3.63) is 57.0 Å². The third kappa shape index (κ3) is 3.08. The van der Waals surface area contributed by atoms with E-state index in [1.807, 2.05) is 0 Å². The zero-order valence-electron chi connectivity index (χ0n) is 9.98. The van der Waals surface area contributed by atoms with Crippen LogP contribution in [0.3, 0.4) is 0 Å². The Kier molecular flexibility index (Phi) is 4.12. The summed E-state index contributed by atoms with van der Waals surface area (Å²) in [7, 11) is 0. The lowest BCUT2D eigenvalue weighted by Gasteiger charge is -2.12. The Balaban J connectivity index is 2.46. The van der Waals surface area contributed by atoms with Crippen molar-refractivity contribution in [2.45, 2.75) is 6.92 Å². The summed E-state index contributed by atoms with van der Waals surface area (Å²) < 4.78 is 6.37. The summed E-state index contributed by atoms with van der Waals surface area (Å²) in [6.45, 7) is 1.80. The summed E-state index contributed by atoms with van der Waals surface area (Å²) in [6, 6.07) is 10.0. The fourth-order valence-electron chi connectivity index (χ4n) is 1.62. The third-order valence-electron chi connectivity index (χ3n) is 2.55. The number of para-hydroxylation sites is 1. The summed E-state index contributed by atoms with van der Waals surface area (Å²) in [5.41, 5.74) is 0.878. The molecule has 0 aromatic heterocycles. The molecule has 0 heterocycles. The first-order chi connectivity index (χ1) is 8.99. The van der Waals surface area contributed by atoms with Crippen molar-refractivity contribution >= 4 is 33.5 Å². The van der Waals surface area contributed by atoms with Gasteiger partial charge in [0.15, 0.2) is 0 Å². The molecule has 1 N–H and O–H groups in total. The monoisotopic (exact) mass is 340 g/mol. The average Bonchev–Trinajstić information content (AvgIpc) is 2.34. The van der Waals surface area contributed by atoms with E-state index in [9.17, 15) is 4.79 Å². The molecule has 0 aliphatic carbocycles. The van der Waals surface area contributed by atoms with E-state index >= 15 is 0 Å². The summed E-state index contributed by atoms with van der Waals surface area (Å²) in [4.78, 5) is 11.2. The molecule has 0 spiro atoms.